The topological polar surface area (TPSA) is 76.7 Å². The number of rotatable bonds is 8. The van der Waals surface area contributed by atoms with Crippen molar-refractivity contribution in [3.05, 3.63) is 47.5 Å². The van der Waals surface area contributed by atoms with Gasteiger partial charge in [-0.05, 0) is 35.1 Å². The molecule has 0 heterocycles. The van der Waals surface area contributed by atoms with Crippen molar-refractivity contribution in [2.45, 2.75) is 46.0 Å². The molecular weight excluding hydrogens is 368 g/mol. The zero-order valence-electron chi connectivity index (χ0n) is 18.0. The number of para-hydroxylation sites is 1. The fourth-order valence-corrected chi connectivity index (χ4v) is 3.14. The molecule has 2 N–H and O–H groups in total. The van der Waals surface area contributed by atoms with Gasteiger partial charge in [0.15, 0.2) is 11.5 Å². The fraction of sp³-hybridized carbons (Fsp3) is 0.391. The Morgan fingerprint density at radius 3 is 1.90 bits per heavy atom. The van der Waals surface area contributed by atoms with Crippen molar-refractivity contribution in [3.8, 4) is 11.5 Å². The van der Waals surface area contributed by atoms with Crippen LogP contribution in [0.15, 0.2) is 36.4 Å². The SMILES string of the molecule is COc1ccc(NC(=O)CC(=O)Nc2c(C(C)C)cccc2C(C)C)cc1OC. The van der Waals surface area contributed by atoms with Crippen LogP contribution < -0.4 is 20.1 Å². The highest BCUT2D eigenvalue weighted by molar-refractivity contribution is 6.08. The number of nitrogens with one attached hydrogen (secondary N) is 2. The highest BCUT2D eigenvalue weighted by atomic mass is 16.5. The molecular formula is C23H30N2O4. The number of methoxy groups -OCH3 is 2. The molecule has 0 saturated carbocycles. The van der Waals surface area contributed by atoms with Crippen LogP contribution in [0.4, 0.5) is 11.4 Å². The molecule has 6 nitrogen and oxygen atoms in total. The minimum absolute atomic E-state index is 0.254. The van der Waals surface area contributed by atoms with Crippen LogP contribution in [0.3, 0.4) is 0 Å². The maximum Gasteiger partial charge on any atom is 0.233 e. The van der Waals surface area contributed by atoms with Crippen molar-refractivity contribution in [2.75, 3.05) is 24.9 Å². The fourth-order valence-electron chi connectivity index (χ4n) is 3.14. The normalized spacial score (nSPS) is 10.8. The van der Waals surface area contributed by atoms with Crippen LogP contribution in [0, 0.1) is 0 Å². The Bertz CT molecular complexity index is 849. The van der Waals surface area contributed by atoms with E-state index >= 15 is 0 Å². The van der Waals surface area contributed by atoms with E-state index in [1.807, 2.05) is 18.2 Å². The lowest BCUT2D eigenvalue weighted by atomic mass is 9.92. The second-order valence-corrected chi connectivity index (χ2v) is 7.46. The van der Waals surface area contributed by atoms with Gasteiger partial charge in [0.2, 0.25) is 11.8 Å². The molecule has 0 aliphatic carbocycles. The van der Waals surface area contributed by atoms with Crippen molar-refractivity contribution in [1.29, 1.82) is 0 Å². The van der Waals surface area contributed by atoms with Gasteiger partial charge in [0, 0.05) is 17.4 Å². The van der Waals surface area contributed by atoms with E-state index in [-0.39, 0.29) is 24.2 Å². The number of benzene rings is 2. The minimum Gasteiger partial charge on any atom is -0.493 e. The van der Waals surface area contributed by atoms with Gasteiger partial charge in [-0.15, -0.1) is 0 Å². The van der Waals surface area contributed by atoms with Crippen LogP contribution in [0.2, 0.25) is 0 Å². The van der Waals surface area contributed by atoms with Gasteiger partial charge in [0.1, 0.15) is 6.42 Å². The van der Waals surface area contributed by atoms with Gasteiger partial charge in [-0.3, -0.25) is 9.59 Å². The lowest BCUT2D eigenvalue weighted by Crippen LogP contribution is -2.23. The standard InChI is InChI=1S/C23H30N2O4/c1-14(2)17-8-7-9-18(15(3)4)23(17)25-22(27)13-21(26)24-16-10-11-19(28-5)20(12-16)29-6/h7-12,14-15H,13H2,1-6H3,(H,24,26)(H,25,27). The summed E-state index contributed by atoms with van der Waals surface area (Å²) in [6.45, 7) is 8.33. The Morgan fingerprint density at radius 2 is 1.38 bits per heavy atom. The van der Waals surface area contributed by atoms with E-state index in [2.05, 4.69) is 38.3 Å². The largest absolute Gasteiger partial charge is 0.493 e. The second kappa shape index (κ2) is 9.96. The molecule has 2 rings (SSSR count). The summed E-state index contributed by atoms with van der Waals surface area (Å²) in [5.41, 5.74) is 3.46. The molecule has 156 valence electrons. The van der Waals surface area contributed by atoms with E-state index in [1.165, 1.54) is 7.11 Å². The summed E-state index contributed by atoms with van der Waals surface area (Å²) in [6.07, 6.45) is -0.279. The van der Waals surface area contributed by atoms with Gasteiger partial charge in [-0.25, -0.2) is 0 Å². The van der Waals surface area contributed by atoms with Crippen LogP contribution in [0.1, 0.15) is 57.1 Å². The van der Waals surface area contributed by atoms with Crippen molar-refractivity contribution in [1.82, 2.24) is 0 Å². The molecule has 2 aromatic carbocycles. The van der Waals surface area contributed by atoms with E-state index in [9.17, 15) is 9.59 Å². The van der Waals surface area contributed by atoms with Crippen LogP contribution in [-0.2, 0) is 9.59 Å². The van der Waals surface area contributed by atoms with E-state index in [1.54, 1.807) is 25.3 Å². The summed E-state index contributed by atoms with van der Waals surface area (Å²) in [7, 11) is 3.07. The molecule has 2 aromatic rings. The molecule has 0 fully saturated rings. The summed E-state index contributed by atoms with van der Waals surface area (Å²) >= 11 is 0. The number of amides is 2. The molecule has 0 radical (unpaired) electrons. The van der Waals surface area contributed by atoms with Gasteiger partial charge in [0.05, 0.1) is 14.2 Å². The van der Waals surface area contributed by atoms with E-state index in [0.717, 1.165) is 16.8 Å². The Kier molecular flexibility index (Phi) is 7.65. The Hall–Kier alpha value is -3.02. The van der Waals surface area contributed by atoms with Gasteiger partial charge >= 0.3 is 0 Å². The molecule has 0 saturated heterocycles. The first-order valence-electron chi connectivity index (χ1n) is 9.71. The van der Waals surface area contributed by atoms with Crippen molar-refractivity contribution in [3.63, 3.8) is 0 Å². The zero-order chi connectivity index (χ0) is 21.6. The van der Waals surface area contributed by atoms with E-state index in [0.29, 0.717) is 17.2 Å². The number of ether oxygens (including phenoxy) is 2. The highest BCUT2D eigenvalue weighted by Crippen LogP contribution is 2.33. The maximum atomic E-state index is 12.6. The Labute approximate surface area is 172 Å². The van der Waals surface area contributed by atoms with E-state index < -0.39 is 5.91 Å². The van der Waals surface area contributed by atoms with Gasteiger partial charge < -0.3 is 20.1 Å². The zero-order valence-corrected chi connectivity index (χ0v) is 18.0. The number of hydrogen-bond acceptors (Lipinski definition) is 4. The second-order valence-electron chi connectivity index (χ2n) is 7.46. The molecule has 0 aliphatic rings. The highest BCUT2D eigenvalue weighted by Gasteiger charge is 2.18. The van der Waals surface area contributed by atoms with Crippen LogP contribution in [0.25, 0.3) is 0 Å². The summed E-state index contributed by atoms with van der Waals surface area (Å²) in [6, 6.07) is 11.1. The van der Waals surface area contributed by atoms with Crippen LogP contribution >= 0.6 is 0 Å². The summed E-state index contributed by atoms with van der Waals surface area (Å²) < 4.78 is 10.4. The van der Waals surface area contributed by atoms with Gasteiger partial charge in [-0.2, -0.15) is 0 Å². The average Bonchev–Trinajstić information content (AvgIpc) is 2.67. The molecule has 0 spiro atoms. The van der Waals surface area contributed by atoms with E-state index in [4.69, 9.17) is 9.47 Å². The number of carbonyl (C=O) groups is 2. The van der Waals surface area contributed by atoms with Crippen molar-refractivity contribution >= 4 is 23.2 Å². The molecule has 6 heteroatoms. The maximum absolute atomic E-state index is 12.6. The first-order chi connectivity index (χ1) is 13.8. The predicted octanol–water partition coefficient (Wildman–Crippen LogP) is 4.92. The Morgan fingerprint density at radius 1 is 0.828 bits per heavy atom. The lowest BCUT2D eigenvalue weighted by Gasteiger charge is -2.20. The third kappa shape index (κ3) is 5.73. The third-order valence-electron chi connectivity index (χ3n) is 4.63. The van der Waals surface area contributed by atoms with Crippen LogP contribution in [-0.4, -0.2) is 26.0 Å². The molecule has 0 unspecified atom stereocenters. The average molecular weight is 399 g/mol. The molecule has 0 bridgehead atoms. The molecule has 29 heavy (non-hydrogen) atoms. The minimum atomic E-state index is -0.400. The third-order valence-corrected chi connectivity index (χ3v) is 4.63. The molecule has 0 aromatic heterocycles. The van der Waals surface area contributed by atoms with Crippen LogP contribution in [0.5, 0.6) is 11.5 Å². The first-order valence-corrected chi connectivity index (χ1v) is 9.71. The Balaban J connectivity index is 2.11. The lowest BCUT2D eigenvalue weighted by molar-refractivity contribution is -0.123. The predicted molar refractivity (Wildman–Crippen MR) is 116 cm³/mol. The molecule has 0 atom stereocenters. The van der Waals surface area contributed by atoms with Gasteiger partial charge in [-0.1, -0.05) is 45.9 Å². The number of carbonyl (C=O) groups excluding carboxylic acids is 2. The van der Waals surface area contributed by atoms with Crippen molar-refractivity contribution < 1.29 is 19.1 Å². The quantitative estimate of drug-likeness (QED) is 0.619. The summed E-state index contributed by atoms with van der Waals surface area (Å²) in [5.74, 6) is 0.826. The molecule has 2 amide bonds. The monoisotopic (exact) mass is 398 g/mol. The van der Waals surface area contributed by atoms with Crippen molar-refractivity contribution in [2.24, 2.45) is 0 Å². The molecule has 0 aliphatic heterocycles. The smallest absolute Gasteiger partial charge is 0.233 e. The number of anilines is 2. The van der Waals surface area contributed by atoms with Gasteiger partial charge in [0.25, 0.3) is 0 Å². The summed E-state index contributed by atoms with van der Waals surface area (Å²) in [5, 5.41) is 5.68. The summed E-state index contributed by atoms with van der Waals surface area (Å²) in [4.78, 5) is 24.9. The first kappa shape index (κ1) is 22.3. The number of hydrogen-bond donors (Lipinski definition) is 2.